The molecule has 0 bridgehead atoms. The number of aliphatic hydroxyl groups is 1. The topological polar surface area (TPSA) is 40.8 Å². The second kappa shape index (κ2) is 4.31. The zero-order valence-corrected chi connectivity index (χ0v) is 11.6. The summed E-state index contributed by atoms with van der Waals surface area (Å²) in [4.78, 5) is 7.63. The molecule has 1 N–H and O–H groups in total. The molecule has 2 rings (SSSR count). The van der Waals surface area contributed by atoms with Crippen LogP contribution in [0.3, 0.4) is 0 Å². The van der Waals surface area contributed by atoms with Crippen LogP contribution in [0.2, 0.25) is 0 Å². The molecule has 0 unspecified atom stereocenters. The summed E-state index contributed by atoms with van der Waals surface area (Å²) in [6.45, 7) is 7.51. The Labute approximate surface area is 106 Å². The Morgan fingerprint density at radius 3 is 2.76 bits per heavy atom. The summed E-state index contributed by atoms with van der Waals surface area (Å²) < 4.78 is 1.96. The van der Waals surface area contributed by atoms with Gasteiger partial charge in [0.15, 0.2) is 10.8 Å². The van der Waals surface area contributed by atoms with Crippen LogP contribution in [0.15, 0.2) is 11.6 Å². The largest absolute Gasteiger partial charge is 0.390 e. The van der Waals surface area contributed by atoms with Crippen LogP contribution < -0.4 is 4.90 Å². The number of imidazole rings is 1. The molecule has 0 atom stereocenters. The van der Waals surface area contributed by atoms with Gasteiger partial charge in [0.1, 0.15) is 0 Å². The summed E-state index contributed by atoms with van der Waals surface area (Å²) in [7, 11) is 2.02. The number of hydrogen-bond donors (Lipinski definition) is 1. The summed E-state index contributed by atoms with van der Waals surface area (Å²) in [5.41, 5.74) is 1.08. The molecule has 0 aliphatic heterocycles. The van der Waals surface area contributed by atoms with Gasteiger partial charge in [0.25, 0.3) is 0 Å². The second-order valence-corrected chi connectivity index (χ2v) is 6.39. The molecule has 94 valence electrons. The average Bonchev–Trinajstić information content (AvgIpc) is 2.72. The number of rotatable bonds is 3. The predicted molar refractivity (Wildman–Crippen MR) is 71.7 cm³/mol. The van der Waals surface area contributed by atoms with E-state index in [0.717, 1.165) is 23.0 Å². The van der Waals surface area contributed by atoms with Crippen molar-refractivity contribution < 1.29 is 5.11 Å². The van der Waals surface area contributed by atoms with E-state index in [1.165, 1.54) is 0 Å². The summed E-state index contributed by atoms with van der Waals surface area (Å²) in [5.74, 6) is 0.884. The van der Waals surface area contributed by atoms with E-state index in [2.05, 4.69) is 30.7 Å². The van der Waals surface area contributed by atoms with E-state index in [1.54, 1.807) is 11.3 Å². The Bertz CT molecular complexity index is 509. The molecule has 0 radical (unpaired) electrons. The number of thiazole rings is 1. The summed E-state index contributed by atoms with van der Waals surface area (Å²) in [6.07, 6.45) is 1.95. The van der Waals surface area contributed by atoms with Gasteiger partial charge in [-0.3, -0.25) is 4.40 Å². The van der Waals surface area contributed by atoms with Crippen molar-refractivity contribution in [2.45, 2.75) is 27.4 Å². The van der Waals surface area contributed by atoms with Gasteiger partial charge < -0.3 is 10.0 Å². The monoisotopic (exact) mass is 253 g/mol. The highest BCUT2D eigenvalue weighted by Gasteiger charge is 2.20. The summed E-state index contributed by atoms with van der Waals surface area (Å²) >= 11 is 1.59. The van der Waals surface area contributed by atoms with Gasteiger partial charge in [-0.1, -0.05) is 20.8 Å². The first-order valence-corrected chi connectivity index (χ1v) is 6.57. The minimum atomic E-state index is 0.0156. The molecule has 4 nitrogen and oxygen atoms in total. The van der Waals surface area contributed by atoms with Crippen LogP contribution in [-0.2, 0) is 6.61 Å². The van der Waals surface area contributed by atoms with Crippen molar-refractivity contribution in [1.82, 2.24) is 9.38 Å². The molecule has 0 fully saturated rings. The fraction of sp³-hybridized carbons (Fsp3) is 0.583. The zero-order chi connectivity index (χ0) is 12.6. The summed E-state index contributed by atoms with van der Waals surface area (Å²) in [6, 6.07) is 0. The Hall–Kier alpha value is -1.07. The average molecular weight is 253 g/mol. The molecule has 0 aliphatic rings. The maximum Gasteiger partial charge on any atom is 0.195 e. The highest BCUT2D eigenvalue weighted by molar-refractivity contribution is 7.15. The van der Waals surface area contributed by atoms with Crippen molar-refractivity contribution in [2.75, 3.05) is 18.5 Å². The van der Waals surface area contributed by atoms with Crippen LogP contribution in [-0.4, -0.2) is 28.1 Å². The van der Waals surface area contributed by atoms with Gasteiger partial charge in [-0.05, 0) is 5.41 Å². The van der Waals surface area contributed by atoms with Gasteiger partial charge in [-0.2, -0.15) is 0 Å². The first kappa shape index (κ1) is 12.4. The first-order chi connectivity index (χ1) is 7.92. The van der Waals surface area contributed by atoms with E-state index in [4.69, 9.17) is 0 Å². The molecule has 0 aliphatic carbocycles. The highest BCUT2D eigenvalue weighted by atomic mass is 32.1. The number of nitrogens with zero attached hydrogens (tertiary/aromatic N) is 3. The Kier molecular flexibility index (Phi) is 3.14. The van der Waals surface area contributed by atoms with E-state index < -0.39 is 0 Å². The molecule has 2 aromatic heterocycles. The number of aliphatic hydroxyl groups excluding tert-OH is 1. The molecule has 17 heavy (non-hydrogen) atoms. The van der Waals surface area contributed by atoms with Crippen LogP contribution in [0.25, 0.3) is 4.96 Å². The fourth-order valence-electron chi connectivity index (χ4n) is 2.06. The fourth-order valence-corrected chi connectivity index (χ4v) is 2.79. The summed E-state index contributed by atoms with van der Waals surface area (Å²) in [5, 5.41) is 11.5. The van der Waals surface area contributed by atoms with Crippen LogP contribution >= 0.6 is 11.3 Å². The molecular formula is C12H19N3OS. The van der Waals surface area contributed by atoms with Crippen molar-refractivity contribution in [2.24, 2.45) is 5.41 Å². The number of anilines is 1. The Morgan fingerprint density at radius 2 is 2.18 bits per heavy atom. The van der Waals surface area contributed by atoms with Gasteiger partial charge in [-0.15, -0.1) is 11.3 Å². The van der Waals surface area contributed by atoms with E-state index in [1.807, 2.05) is 23.0 Å². The van der Waals surface area contributed by atoms with Crippen molar-refractivity contribution >= 4 is 22.1 Å². The van der Waals surface area contributed by atoms with Crippen molar-refractivity contribution in [1.29, 1.82) is 0 Å². The Morgan fingerprint density at radius 1 is 1.47 bits per heavy atom. The lowest BCUT2D eigenvalue weighted by molar-refractivity contribution is 0.276. The third-order valence-electron chi connectivity index (χ3n) is 2.56. The maximum absolute atomic E-state index is 9.49. The quantitative estimate of drug-likeness (QED) is 0.913. The third-order valence-corrected chi connectivity index (χ3v) is 3.32. The second-order valence-electron chi connectivity index (χ2n) is 5.51. The van der Waals surface area contributed by atoms with Gasteiger partial charge in [0.2, 0.25) is 0 Å². The lowest BCUT2D eigenvalue weighted by Gasteiger charge is -2.27. The minimum Gasteiger partial charge on any atom is -0.390 e. The normalized spacial score (nSPS) is 12.3. The molecule has 0 spiro atoms. The van der Waals surface area contributed by atoms with Crippen LogP contribution in [0.4, 0.5) is 5.82 Å². The third kappa shape index (κ3) is 2.45. The molecule has 2 aromatic rings. The van der Waals surface area contributed by atoms with Crippen LogP contribution in [0, 0.1) is 5.41 Å². The van der Waals surface area contributed by atoms with Gasteiger partial charge in [-0.25, -0.2) is 4.98 Å². The molecule has 5 heteroatoms. The van der Waals surface area contributed by atoms with Crippen molar-refractivity contribution in [3.8, 4) is 0 Å². The van der Waals surface area contributed by atoms with Gasteiger partial charge >= 0.3 is 0 Å². The minimum absolute atomic E-state index is 0.0156. The molecule has 0 saturated heterocycles. The predicted octanol–water partition coefficient (Wildman–Crippen LogP) is 2.37. The highest BCUT2D eigenvalue weighted by Crippen LogP contribution is 2.26. The van der Waals surface area contributed by atoms with E-state index in [9.17, 15) is 5.11 Å². The molecule has 0 amide bonds. The molecule has 0 aromatic carbocycles. The zero-order valence-electron chi connectivity index (χ0n) is 10.8. The van der Waals surface area contributed by atoms with Crippen molar-refractivity contribution in [3.05, 3.63) is 17.3 Å². The standard InChI is InChI=1S/C12H19N3OS/c1-12(2,3)8-14(4)10-9(7-16)15-5-6-17-11(15)13-10/h5-6,16H,7-8H2,1-4H3. The number of aromatic nitrogens is 2. The first-order valence-electron chi connectivity index (χ1n) is 5.69. The van der Waals surface area contributed by atoms with Crippen LogP contribution in [0.1, 0.15) is 26.5 Å². The molecule has 0 saturated carbocycles. The van der Waals surface area contributed by atoms with Crippen molar-refractivity contribution in [3.63, 3.8) is 0 Å². The van der Waals surface area contributed by atoms with Crippen LogP contribution in [0.5, 0.6) is 0 Å². The van der Waals surface area contributed by atoms with Gasteiger partial charge in [0, 0.05) is 25.2 Å². The lowest BCUT2D eigenvalue weighted by Crippen LogP contribution is -2.30. The molecular weight excluding hydrogens is 234 g/mol. The van der Waals surface area contributed by atoms with E-state index >= 15 is 0 Å². The number of hydrogen-bond acceptors (Lipinski definition) is 4. The SMILES string of the molecule is CN(CC(C)(C)C)c1nc2sccn2c1CO. The smallest absolute Gasteiger partial charge is 0.195 e. The van der Waals surface area contributed by atoms with Gasteiger partial charge in [0.05, 0.1) is 12.3 Å². The van der Waals surface area contributed by atoms with E-state index in [0.29, 0.717) is 0 Å². The molecule has 2 heterocycles. The number of fused-ring (bicyclic) bond motifs is 1. The van der Waals surface area contributed by atoms with E-state index in [-0.39, 0.29) is 12.0 Å². The Balaban J connectivity index is 2.37. The maximum atomic E-state index is 9.49. The lowest BCUT2D eigenvalue weighted by atomic mass is 9.96.